The van der Waals surface area contributed by atoms with E-state index < -0.39 is 0 Å². The summed E-state index contributed by atoms with van der Waals surface area (Å²) in [6.45, 7) is 2.26. The summed E-state index contributed by atoms with van der Waals surface area (Å²) in [5.74, 6) is 0.303. The summed E-state index contributed by atoms with van der Waals surface area (Å²) >= 11 is 0. The van der Waals surface area contributed by atoms with Gasteiger partial charge in [0.05, 0.1) is 13.2 Å². The Morgan fingerprint density at radius 3 is 1.62 bits per heavy atom. The molecule has 0 atom stereocenters. The summed E-state index contributed by atoms with van der Waals surface area (Å²) < 4.78 is 10.8. The highest BCUT2D eigenvalue weighted by molar-refractivity contribution is 5.89. The van der Waals surface area contributed by atoms with Crippen molar-refractivity contribution in [2.75, 3.05) is 26.4 Å². The van der Waals surface area contributed by atoms with E-state index in [0.29, 0.717) is 39.3 Å². The molecule has 1 aliphatic rings. The lowest BCUT2D eigenvalue weighted by atomic mass is 10.1. The zero-order valence-corrected chi connectivity index (χ0v) is 12.7. The van der Waals surface area contributed by atoms with Crippen LogP contribution in [0.3, 0.4) is 0 Å². The molecule has 0 fully saturated rings. The minimum atomic E-state index is 0.151. The quantitative estimate of drug-likeness (QED) is 0.689. The van der Waals surface area contributed by atoms with Crippen LogP contribution in [-0.2, 0) is 19.1 Å². The molecule has 0 spiro atoms. The smallest absolute Gasteiger partial charge is 0.155 e. The molecule has 0 bridgehead atoms. The van der Waals surface area contributed by atoms with Crippen molar-refractivity contribution >= 4 is 11.6 Å². The molecule has 21 heavy (non-hydrogen) atoms. The van der Waals surface area contributed by atoms with Crippen LogP contribution in [0.4, 0.5) is 0 Å². The SMILES string of the molecule is O=C1/C=C\CCC/C=C\C(=O)CCCOCCOCCC1. The predicted octanol–water partition coefficient (Wildman–Crippen LogP) is 3.01. The van der Waals surface area contributed by atoms with Gasteiger partial charge in [-0.05, 0) is 44.3 Å². The molecule has 0 N–H and O–H groups in total. The second-order valence-corrected chi connectivity index (χ2v) is 5.10. The van der Waals surface area contributed by atoms with Crippen molar-refractivity contribution < 1.29 is 19.1 Å². The summed E-state index contributed by atoms with van der Waals surface area (Å²) in [6.07, 6.45) is 12.4. The number of allylic oxidation sites excluding steroid dienone is 4. The number of ketones is 2. The minimum absolute atomic E-state index is 0.151. The molecule has 0 aromatic carbocycles. The van der Waals surface area contributed by atoms with Crippen molar-refractivity contribution in [1.82, 2.24) is 0 Å². The van der Waals surface area contributed by atoms with E-state index in [1.807, 2.05) is 12.2 Å². The second kappa shape index (κ2) is 12.5. The zero-order chi connectivity index (χ0) is 15.2. The molecule has 0 saturated heterocycles. The second-order valence-electron chi connectivity index (χ2n) is 5.10. The van der Waals surface area contributed by atoms with Gasteiger partial charge in [-0.15, -0.1) is 0 Å². The third-order valence-corrected chi connectivity index (χ3v) is 3.14. The average molecular weight is 294 g/mol. The molecule has 118 valence electrons. The molecule has 1 rings (SSSR count). The van der Waals surface area contributed by atoms with Crippen LogP contribution in [0, 0.1) is 0 Å². The number of carbonyl (C=O) groups excluding carboxylic acids is 2. The van der Waals surface area contributed by atoms with E-state index in [9.17, 15) is 9.59 Å². The monoisotopic (exact) mass is 294 g/mol. The summed E-state index contributed by atoms with van der Waals surface area (Å²) in [4.78, 5) is 23.1. The fraction of sp³-hybridized carbons (Fsp3) is 0.647. The van der Waals surface area contributed by atoms with E-state index in [0.717, 1.165) is 32.1 Å². The lowest BCUT2D eigenvalue weighted by molar-refractivity contribution is -0.115. The highest BCUT2D eigenvalue weighted by Crippen LogP contribution is 2.02. The van der Waals surface area contributed by atoms with E-state index in [4.69, 9.17) is 9.47 Å². The van der Waals surface area contributed by atoms with Crippen molar-refractivity contribution in [1.29, 1.82) is 0 Å². The first-order chi connectivity index (χ1) is 10.3. The van der Waals surface area contributed by atoms with E-state index in [1.165, 1.54) is 0 Å². The Bertz CT molecular complexity index is 324. The van der Waals surface area contributed by atoms with Gasteiger partial charge in [-0.1, -0.05) is 12.2 Å². The van der Waals surface area contributed by atoms with Crippen molar-refractivity contribution in [3.05, 3.63) is 24.3 Å². The van der Waals surface area contributed by atoms with Gasteiger partial charge in [0.15, 0.2) is 11.6 Å². The molecule has 1 aliphatic heterocycles. The van der Waals surface area contributed by atoms with Gasteiger partial charge in [0.25, 0.3) is 0 Å². The Labute approximate surface area is 127 Å². The molecule has 0 amide bonds. The molecule has 4 nitrogen and oxygen atoms in total. The van der Waals surface area contributed by atoms with Gasteiger partial charge in [0.1, 0.15) is 0 Å². The van der Waals surface area contributed by atoms with E-state index in [-0.39, 0.29) is 11.6 Å². The Morgan fingerprint density at radius 2 is 1.14 bits per heavy atom. The third-order valence-electron chi connectivity index (χ3n) is 3.14. The van der Waals surface area contributed by atoms with Gasteiger partial charge in [-0.25, -0.2) is 0 Å². The summed E-state index contributed by atoms with van der Waals surface area (Å²) in [7, 11) is 0. The summed E-state index contributed by atoms with van der Waals surface area (Å²) in [6, 6.07) is 0. The lowest BCUT2D eigenvalue weighted by Crippen LogP contribution is -2.07. The molecule has 0 unspecified atom stereocenters. The fourth-order valence-corrected chi connectivity index (χ4v) is 1.97. The van der Waals surface area contributed by atoms with Crippen LogP contribution in [0.5, 0.6) is 0 Å². The van der Waals surface area contributed by atoms with E-state index in [2.05, 4.69) is 0 Å². The summed E-state index contributed by atoms with van der Waals surface area (Å²) in [5, 5.41) is 0. The fourth-order valence-electron chi connectivity index (χ4n) is 1.97. The maximum absolute atomic E-state index is 11.5. The van der Waals surface area contributed by atoms with Crippen molar-refractivity contribution in [3.8, 4) is 0 Å². The zero-order valence-electron chi connectivity index (χ0n) is 12.7. The third kappa shape index (κ3) is 11.1. The van der Waals surface area contributed by atoms with Crippen LogP contribution < -0.4 is 0 Å². The maximum Gasteiger partial charge on any atom is 0.155 e. The largest absolute Gasteiger partial charge is 0.379 e. The number of hydrogen-bond donors (Lipinski definition) is 0. The van der Waals surface area contributed by atoms with Crippen LogP contribution >= 0.6 is 0 Å². The number of carbonyl (C=O) groups is 2. The van der Waals surface area contributed by atoms with Gasteiger partial charge in [-0.2, -0.15) is 0 Å². The molecule has 1 heterocycles. The van der Waals surface area contributed by atoms with Crippen LogP contribution in [0.1, 0.15) is 44.9 Å². The molecular weight excluding hydrogens is 268 g/mol. The van der Waals surface area contributed by atoms with Crippen molar-refractivity contribution in [2.24, 2.45) is 0 Å². The van der Waals surface area contributed by atoms with Crippen LogP contribution in [0.15, 0.2) is 24.3 Å². The minimum Gasteiger partial charge on any atom is -0.379 e. The topological polar surface area (TPSA) is 52.6 Å². The first-order valence-corrected chi connectivity index (χ1v) is 7.83. The van der Waals surface area contributed by atoms with Crippen LogP contribution in [-0.4, -0.2) is 38.0 Å². The van der Waals surface area contributed by atoms with Gasteiger partial charge in [-0.3, -0.25) is 9.59 Å². The number of rotatable bonds is 0. The van der Waals surface area contributed by atoms with Crippen LogP contribution in [0.25, 0.3) is 0 Å². The Balaban J connectivity index is 2.32. The first-order valence-electron chi connectivity index (χ1n) is 7.83. The van der Waals surface area contributed by atoms with E-state index >= 15 is 0 Å². The number of hydrogen-bond acceptors (Lipinski definition) is 4. The van der Waals surface area contributed by atoms with Gasteiger partial charge < -0.3 is 9.47 Å². The Morgan fingerprint density at radius 1 is 0.667 bits per heavy atom. The molecule has 0 radical (unpaired) electrons. The lowest BCUT2D eigenvalue weighted by Gasteiger charge is -2.05. The van der Waals surface area contributed by atoms with Gasteiger partial charge >= 0.3 is 0 Å². The van der Waals surface area contributed by atoms with Gasteiger partial charge in [0.2, 0.25) is 0 Å². The van der Waals surface area contributed by atoms with Crippen LogP contribution in [0.2, 0.25) is 0 Å². The van der Waals surface area contributed by atoms with Crippen molar-refractivity contribution in [3.63, 3.8) is 0 Å². The molecule has 0 aliphatic carbocycles. The normalized spacial score (nSPS) is 24.6. The van der Waals surface area contributed by atoms with Crippen molar-refractivity contribution in [2.45, 2.75) is 44.9 Å². The maximum atomic E-state index is 11.5. The number of ether oxygens (including phenoxy) is 2. The first kappa shape index (κ1) is 17.8. The average Bonchev–Trinajstić information content (AvgIpc) is 2.47. The molecule has 0 aromatic heterocycles. The standard InChI is InChI=1S/C17H26O4/c18-16-8-4-2-1-3-5-9-17(19)11-7-13-21-15-14-20-12-6-10-16/h4-5,8-9H,1-3,6-7,10-15H2/b8-4-,9-5-. The summed E-state index contributed by atoms with van der Waals surface area (Å²) in [5.41, 5.74) is 0. The molecule has 0 saturated carbocycles. The highest BCUT2D eigenvalue weighted by Gasteiger charge is 1.99. The van der Waals surface area contributed by atoms with E-state index in [1.54, 1.807) is 12.2 Å². The highest BCUT2D eigenvalue weighted by atomic mass is 16.5. The Hall–Kier alpha value is -1.26. The molecule has 4 heteroatoms. The predicted molar refractivity (Wildman–Crippen MR) is 82.3 cm³/mol. The van der Waals surface area contributed by atoms with Gasteiger partial charge in [0, 0.05) is 26.1 Å². The Kier molecular flexibility index (Phi) is 10.6. The molecular formula is C17H26O4. The molecule has 0 aromatic rings.